The highest BCUT2D eigenvalue weighted by Crippen LogP contribution is 2.20. The summed E-state index contributed by atoms with van der Waals surface area (Å²) in [5.41, 5.74) is 0.472. The lowest BCUT2D eigenvalue weighted by Gasteiger charge is -2.30. The number of nitrogens with one attached hydrogen (secondary N) is 1. The van der Waals surface area contributed by atoms with Gasteiger partial charge in [0.2, 0.25) is 0 Å². The largest absolute Gasteiger partial charge is 0.315 e. The molecule has 0 radical (unpaired) electrons. The Morgan fingerprint density at radius 1 is 1.36 bits per heavy atom. The molecule has 0 spiro atoms. The molecule has 1 aliphatic rings. The van der Waals surface area contributed by atoms with Crippen LogP contribution in [0.5, 0.6) is 0 Å². The molecule has 2 heteroatoms. The highest BCUT2D eigenvalue weighted by atomic mass is 15.2. The van der Waals surface area contributed by atoms with Gasteiger partial charge in [0.05, 0.1) is 0 Å². The summed E-state index contributed by atoms with van der Waals surface area (Å²) >= 11 is 0. The van der Waals surface area contributed by atoms with Gasteiger partial charge in [-0.2, -0.15) is 0 Å². The van der Waals surface area contributed by atoms with Crippen molar-refractivity contribution in [3.8, 4) is 0 Å². The Morgan fingerprint density at radius 3 is 2.50 bits per heavy atom. The first-order valence-corrected chi connectivity index (χ1v) is 5.97. The Hall–Kier alpha value is -0.0800. The summed E-state index contributed by atoms with van der Waals surface area (Å²) in [5.74, 6) is 0. The molecule has 0 aliphatic carbocycles. The van der Waals surface area contributed by atoms with Crippen molar-refractivity contribution in [1.29, 1.82) is 0 Å². The van der Waals surface area contributed by atoms with Crippen molar-refractivity contribution in [2.45, 2.75) is 46.6 Å². The summed E-state index contributed by atoms with van der Waals surface area (Å²) < 4.78 is 0. The number of hydrogen-bond donors (Lipinski definition) is 1. The Balaban J connectivity index is 2.31. The molecular formula is C12H26N2. The topological polar surface area (TPSA) is 15.3 Å². The monoisotopic (exact) mass is 198 g/mol. The zero-order chi connectivity index (χ0) is 10.6. The minimum absolute atomic E-state index is 0.472. The maximum absolute atomic E-state index is 3.44. The lowest BCUT2D eigenvalue weighted by atomic mass is 9.92. The molecule has 1 rings (SSSR count). The van der Waals surface area contributed by atoms with Crippen molar-refractivity contribution in [3.05, 3.63) is 0 Å². The van der Waals surface area contributed by atoms with E-state index in [-0.39, 0.29) is 0 Å². The van der Waals surface area contributed by atoms with Crippen LogP contribution >= 0.6 is 0 Å². The van der Waals surface area contributed by atoms with Crippen LogP contribution in [0.3, 0.4) is 0 Å². The van der Waals surface area contributed by atoms with Crippen LogP contribution in [0.2, 0.25) is 0 Å². The highest BCUT2D eigenvalue weighted by molar-refractivity contribution is 4.80. The van der Waals surface area contributed by atoms with E-state index in [0.29, 0.717) is 5.41 Å². The third-order valence-electron chi connectivity index (χ3n) is 3.11. The van der Waals surface area contributed by atoms with Crippen LogP contribution in [0.1, 0.15) is 40.5 Å². The third-order valence-corrected chi connectivity index (χ3v) is 3.11. The predicted molar refractivity (Wildman–Crippen MR) is 62.6 cm³/mol. The van der Waals surface area contributed by atoms with Crippen LogP contribution in [-0.2, 0) is 0 Å². The standard InChI is InChI=1S/C12H26N2/c1-5-14(9-7-12(2,3)4)11-6-8-13-10-11/h11,13H,5-10H2,1-4H3. The van der Waals surface area contributed by atoms with E-state index in [1.807, 2.05) is 0 Å². The molecule has 0 amide bonds. The molecule has 0 aromatic carbocycles. The average molecular weight is 198 g/mol. The van der Waals surface area contributed by atoms with Gasteiger partial charge in [-0.3, -0.25) is 4.90 Å². The van der Waals surface area contributed by atoms with Crippen LogP contribution in [0, 0.1) is 5.41 Å². The molecule has 1 aliphatic heterocycles. The third kappa shape index (κ3) is 3.97. The Kier molecular flexibility index (Phi) is 4.39. The predicted octanol–water partition coefficient (Wildman–Crippen LogP) is 2.11. The maximum atomic E-state index is 3.44. The smallest absolute Gasteiger partial charge is 0.0232 e. The van der Waals surface area contributed by atoms with Gasteiger partial charge in [0.15, 0.2) is 0 Å². The summed E-state index contributed by atoms with van der Waals surface area (Å²) in [5, 5.41) is 3.44. The van der Waals surface area contributed by atoms with Gasteiger partial charge < -0.3 is 5.32 Å². The van der Waals surface area contributed by atoms with Gasteiger partial charge in [0.25, 0.3) is 0 Å². The summed E-state index contributed by atoms with van der Waals surface area (Å²) in [4.78, 5) is 2.63. The van der Waals surface area contributed by atoms with Crippen LogP contribution < -0.4 is 5.32 Å². The van der Waals surface area contributed by atoms with Gasteiger partial charge in [0, 0.05) is 12.6 Å². The SMILES string of the molecule is CCN(CCC(C)(C)C)C1CCNC1. The molecule has 14 heavy (non-hydrogen) atoms. The lowest BCUT2D eigenvalue weighted by molar-refractivity contribution is 0.187. The van der Waals surface area contributed by atoms with Gasteiger partial charge in [-0.25, -0.2) is 0 Å². The van der Waals surface area contributed by atoms with Crippen LogP contribution in [-0.4, -0.2) is 37.1 Å². The number of nitrogens with zero attached hydrogens (tertiary/aromatic N) is 1. The van der Waals surface area contributed by atoms with Gasteiger partial charge in [-0.1, -0.05) is 27.7 Å². The molecule has 0 bridgehead atoms. The van der Waals surface area contributed by atoms with Crippen LogP contribution in [0.4, 0.5) is 0 Å². The summed E-state index contributed by atoms with van der Waals surface area (Å²) in [6.07, 6.45) is 2.63. The molecule has 1 N–H and O–H groups in total. The summed E-state index contributed by atoms with van der Waals surface area (Å²) in [7, 11) is 0. The number of rotatable bonds is 4. The number of likely N-dealkylation sites (N-methyl/N-ethyl adjacent to an activating group) is 1. The Morgan fingerprint density at radius 2 is 2.07 bits per heavy atom. The van der Waals surface area contributed by atoms with Gasteiger partial charge >= 0.3 is 0 Å². The second-order valence-corrected chi connectivity index (χ2v) is 5.59. The molecule has 0 aromatic rings. The fraction of sp³-hybridized carbons (Fsp3) is 1.00. The van der Waals surface area contributed by atoms with Crippen molar-refractivity contribution < 1.29 is 0 Å². The normalized spacial score (nSPS) is 23.4. The Labute approximate surface area is 89.1 Å². The Bertz CT molecular complexity index is 154. The van der Waals surface area contributed by atoms with Gasteiger partial charge in [0.1, 0.15) is 0 Å². The molecule has 1 unspecified atom stereocenters. The van der Waals surface area contributed by atoms with E-state index >= 15 is 0 Å². The molecule has 1 fully saturated rings. The molecular weight excluding hydrogens is 172 g/mol. The van der Waals surface area contributed by atoms with Crippen molar-refractivity contribution in [3.63, 3.8) is 0 Å². The molecule has 0 aromatic heterocycles. The highest BCUT2D eigenvalue weighted by Gasteiger charge is 2.22. The van der Waals surface area contributed by atoms with E-state index in [1.54, 1.807) is 0 Å². The van der Waals surface area contributed by atoms with Gasteiger partial charge in [-0.05, 0) is 37.9 Å². The minimum atomic E-state index is 0.472. The number of hydrogen-bond acceptors (Lipinski definition) is 2. The molecule has 84 valence electrons. The first-order valence-electron chi connectivity index (χ1n) is 5.97. The molecule has 2 nitrogen and oxygen atoms in total. The second-order valence-electron chi connectivity index (χ2n) is 5.59. The average Bonchev–Trinajstić information content (AvgIpc) is 2.56. The van der Waals surface area contributed by atoms with E-state index < -0.39 is 0 Å². The van der Waals surface area contributed by atoms with E-state index in [4.69, 9.17) is 0 Å². The van der Waals surface area contributed by atoms with E-state index in [9.17, 15) is 0 Å². The van der Waals surface area contributed by atoms with Crippen LogP contribution in [0.25, 0.3) is 0 Å². The van der Waals surface area contributed by atoms with E-state index in [2.05, 4.69) is 37.9 Å². The first-order chi connectivity index (χ1) is 6.53. The fourth-order valence-corrected chi connectivity index (χ4v) is 2.03. The molecule has 1 heterocycles. The van der Waals surface area contributed by atoms with Crippen molar-refractivity contribution in [2.75, 3.05) is 26.2 Å². The minimum Gasteiger partial charge on any atom is -0.315 e. The lowest BCUT2D eigenvalue weighted by Crippen LogP contribution is -2.38. The zero-order valence-electron chi connectivity index (χ0n) is 10.3. The zero-order valence-corrected chi connectivity index (χ0v) is 10.3. The van der Waals surface area contributed by atoms with E-state index in [1.165, 1.54) is 39.0 Å². The first kappa shape index (κ1) is 12.0. The summed E-state index contributed by atoms with van der Waals surface area (Å²) in [6, 6.07) is 0.794. The van der Waals surface area contributed by atoms with Gasteiger partial charge in [-0.15, -0.1) is 0 Å². The van der Waals surface area contributed by atoms with E-state index in [0.717, 1.165) is 6.04 Å². The fourth-order valence-electron chi connectivity index (χ4n) is 2.03. The molecule has 0 saturated carbocycles. The maximum Gasteiger partial charge on any atom is 0.0232 e. The molecule has 1 saturated heterocycles. The van der Waals surface area contributed by atoms with Crippen molar-refractivity contribution in [2.24, 2.45) is 5.41 Å². The quantitative estimate of drug-likeness (QED) is 0.744. The van der Waals surface area contributed by atoms with Crippen molar-refractivity contribution >= 4 is 0 Å². The van der Waals surface area contributed by atoms with Crippen molar-refractivity contribution in [1.82, 2.24) is 10.2 Å². The summed E-state index contributed by atoms with van der Waals surface area (Å²) in [6.45, 7) is 14.1. The molecule has 1 atom stereocenters. The van der Waals surface area contributed by atoms with Crippen LogP contribution in [0.15, 0.2) is 0 Å². The second kappa shape index (κ2) is 5.13.